The Morgan fingerprint density at radius 2 is 1.86 bits per heavy atom. The maximum Gasteiger partial charge on any atom is 0.331 e. The van der Waals surface area contributed by atoms with Crippen molar-refractivity contribution in [2.24, 2.45) is 0 Å². The van der Waals surface area contributed by atoms with Crippen molar-refractivity contribution in [2.45, 2.75) is 6.42 Å². The molecule has 2 aromatic heterocycles. The summed E-state index contributed by atoms with van der Waals surface area (Å²) in [6.45, 7) is 3.44. The number of benzene rings is 1. The summed E-state index contributed by atoms with van der Waals surface area (Å²) in [6, 6.07) is 11.8. The maximum absolute atomic E-state index is 12.0. The average molecular weight is 394 g/mol. The van der Waals surface area contributed by atoms with Gasteiger partial charge in [0.15, 0.2) is 0 Å². The summed E-state index contributed by atoms with van der Waals surface area (Å²) in [6.07, 6.45) is -0.0305. The normalized spacial score (nSPS) is 10.4. The van der Waals surface area contributed by atoms with E-state index in [2.05, 4.69) is 21.7 Å². The number of carboxylic acid groups (broad SMARTS) is 1. The molecule has 3 aromatic rings. The highest BCUT2D eigenvalue weighted by molar-refractivity contribution is 5.92. The van der Waals surface area contributed by atoms with Crippen LogP contribution in [-0.4, -0.2) is 51.1 Å². The predicted octanol–water partition coefficient (Wildman–Crippen LogP) is 2.81. The Bertz CT molecular complexity index is 1060. The van der Waals surface area contributed by atoms with Crippen molar-refractivity contribution in [3.05, 3.63) is 66.2 Å². The number of hydrogen-bond donors (Lipinski definition) is 1. The van der Waals surface area contributed by atoms with Gasteiger partial charge in [-0.1, -0.05) is 17.8 Å². The van der Waals surface area contributed by atoms with Crippen LogP contribution < -0.4 is 4.74 Å². The highest BCUT2D eigenvalue weighted by atomic mass is 16.5. The number of aromatic nitrogens is 3. The third-order valence-corrected chi connectivity index (χ3v) is 3.82. The Morgan fingerprint density at radius 3 is 2.52 bits per heavy atom. The van der Waals surface area contributed by atoms with Gasteiger partial charge in [-0.25, -0.2) is 9.78 Å². The van der Waals surface area contributed by atoms with Crippen molar-refractivity contribution < 1.29 is 24.0 Å². The molecule has 3 rings (SSSR count). The molecule has 0 fully saturated rings. The highest BCUT2D eigenvalue weighted by Crippen LogP contribution is 2.24. The lowest BCUT2D eigenvalue weighted by molar-refractivity contribution is -0.132. The molecule has 9 nitrogen and oxygen atoms in total. The van der Waals surface area contributed by atoms with E-state index in [1.807, 2.05) is 0 Å². The van der Waals surface area contributed by atoms with Crippen LogP contribution in [0.25, 0.3) is 11.4 Å². The fourth-order valence-corrected chi connectivity index (χ4v) is 2.31. The van der Waals surface area contributed by atoms with Crippen LogP contribution in [0.1, 0.15) is 16.4 Å². The molecular formula is C20H18N4O5. The SMILES string of the molecule is C=C(Cc1nc(-c2ccc(Oc3cccc(C(=O)N(C)C)n3)cc2)no1)C(=O)O. The van der Waals surface area contributed by atoms with Crippen LogP contribution in [0.5, 0.6) is 11.6 Å². The predicted molar refractivity (Wildman–Crippen MR) is 103 cm³/mol. The first-order valence-corrected chi connectivity index (χ1v) is 8.54. The fourth-order valence-electron chi connectivity index (χ4n) is 2.31. The molecule has 2 heterocycles. The molecule has 0 bridgehead atoms. The lowest BCUT2D eigenvalue weighted by Gasteiger charge is -2.10. The number of rotatable bonds is 7. The zero-order chi connectivity index (χ0) is 21.0. The Morgan fingerprint density at radius 1 is 1.14 bits per heavy atom. The molecule has 0 unspecified atom stereocenters. The molecule has 0 aliphatic carbocycles. The van der Waals surface area contributed by atoms with E-state index in [1.54, 1.807) is 56.6 Å². The number of carboxylic acids is 1. The van der Waals surface area contributed by atoms with Crippen molar-refractivity contribution in [1.82, 2.24) is 20.0 Å². The summed E-state index contributed by atoms with van der Waals surface area (Å²) in [5.41, 5.74) is 0.913. The van der Waals surface area contributed by atoms with Gasteiger partial charge in [0.05, 0.1) is 6.42 Å². The summed E-state index contributed by atoms with van der Waals surface area (Å²) in [5, 5.41) is 12.7. The largest absolute Gasteiger partial charge is 0.478 e. The van der Waals surface area contributed by atoms with E-state index in [0.717, 1.165) is 0 Å². The number of aliphatic carboxylic acids is 1. The smallest absolute Gasteiger partial charge is 0.331 e. The summed E-state index contributed by atoms with van der Waals surface area (Å²) < 4.78 is 10.8. The fraction of sp³-hybridized carbons (Fsp3) is 0.150. The lowest BCUT2D eigenvalue weighted by atomic mass is 10.2. The lowest BCUT2D eigenvalue weighted by Crippen LogP contribution is -2.22. The minimum Gasteiger partial charge on any atom is -0.478 e. The van der Waals surface area contributed by atoms with E-state index in [9.17, 15) is 9.59 Å². The number of hydrogen-bond acceptors (Lipinski definition) is 7. The van der Waals surface area contributed by atoms with Crippen molar-refractivity contribution in [2.75, 3.05) is 14.1 Å². The van der Waals surface area contributed by atoms with E-state index < -0.39 is 5.97 Å². The second-order valence-corrected chi connectivity index (χ2v) is 6.28. The van der Waals surface area contributed by atoms with E-state index in [4.69, 9.17) is 14.4 Å². The van der Waals surface area contributed by atoms with E-state index >= 15 is 0 Å². The Kier molecular flexibility index (Phi) is 5.68. The van der Waals surface area contributed by atoms with Gasteiger partial charge in [-0.15, -0.1) is 0 Å². The third kappa shape index (κ3) is 4.83. The standard InChI is InChI=1S/C20H18N4O5/c1-12(20(26)27)11-17-22-18(23-29-17)13-7-9-14(10-8-13)28-16-6-4-5-15(21-16)19(25)24(2)3/h4-10H,1,11H2,2-3H3,(H,26,27). The number of amides is 1. The molecule has 0 aliphatic rings. The van der Waals surface area contributed by atoms with E-state index in [1.165, 1.54) is 4.90 Å². The zero-order valence-corrected chi connectivity index (χ0v) is 15.8. The van der Waals surface area contributed by atoms with Crippen LogP contribution in [0.15, 0.2) is 59.1 Å². The third-order valence-electron chi connectivity index (χ3n) is 3.82. The highest BCUT2D eigenvalue weighted by Gasteiger charge is 2.14. The van der Waals surface area contributed by atoms with E-state index in [-0.39, 0.29) is 29.5 Å². The van der Waals surface area contributed by atoms with Gasteiger partial charge < -0.3 is 19.3 Å². The van der Waals surface area contributed by atoms with Crippen LogP contribution in [-0.2, 0) is 11.2 Å². The maximum atomic E-state index is 12.0. The summed E-state index contributed by atoms with van der Waals surface area (Å²) in [7, 11) is 3.30. The Hall–Kier alpha value is -4.01. The topological polar surface area (TPSA) is 119 Å². The van der Waals surface area contributed by atoms with Crippen molar-refractivity contribution >= 4 is 11.9 Å². The first-order valence-electron chi connectivity index (χ1n) is 8.54. The van der Waals surface area contributed by atoms with Gasteiger partial charge in [-0.05, 0) is 30.3 Å². The van der Waals surface area contributed by atoms with Crippen molar-refractivity contribution in [3.8, 4) is 23.0 Å². The quantitative estimate of drug-likeness (QED) is 0.608. The van der Waals surface area contributed by atoms with Gasteiger partial charge in [0.2, 0.25) is 17.6 Å². The molecule has 0 aliphatic heterocycles. The summed E-state index contributed by atoms with van der Waals surface area (Å²) in [5.74, 6) is -0.0422. The minimum absolute atomic E-state index is 0.0305. The second-order valence-electron chi connectivity index (χ2n) is 6.28. The zero-order valence-electron chi connectivity index (χ0n) is 15.8. The molecule has 0 radical (unpaired) electrons. The number of ether oxygens (including phenoxy) is 1. The van der Waals surface area contributed by atoms with Crippen LogP contribution in [0.3, 0.4) is 0 Å². The molecule has 0 saturated heterocycles. The molecule has 0 spiro atoms. The molecule has 9 heteroatoms. The molecule has 1 N–H and O–H groups in total. The monoisotopic (exact) mass is 394 g/mol. The average Bonchev–Trinajstić information content (AvgIpc) is 3.16. The van der Waals surface area contributed by atoms with Crippen LogP contribution in [0.2, 0.25) is 0 Å². The number of nitrogens with zero attached hydrogens (tertiary/aromatic N) is 4. The van der Waals surface area contributed by atoms with Gasteiger partial charge >= 0.3 is 5.97 Å². The van der Waals surface area contributed by atoms with Crippen LogP contribution in [0.4, 0.5) is 0 Å². The van der Waals surface area contributed by atoms with Crippen molar-refractivity contribution in [3.63, 3.8) is 0 Å². The second kappa shape index (κ2) is 8.34. The van der Waals surface area contributed by atoms with Crippen LogP contribution in [0, 0.1) is 0 Å². The molecule has 1 aromatic carbocycles. The number of carbonyl (C=O) groups excluding carboxylic acids is 1. The molecule has 1 amide bonds. The van der Waals surface area contributed by atoms with E-state index in [0.29, 0.717) is 23.0 Å². The number of carbonyl (C=O) groups is 2. The van der Waals surface area contributed by atoms with Crippen LogP contribution >= 0.6 is 0 Å². The summed E-state index contributed by atoms with van der Waals surface area (Å²) in [4.78, 5) is 32.6. The first kappa shape index (κ1) is 19.7. The Balaban J connectivity index is 1.70. The molecule has 0 atom stereocenters. The number of pyridine rings is 1. The molecular weight excluding hydrogens is 376 g/mol. The molecule has 148 valence electrons. The van der Waals surface area contributed by atoms with Gasteiger partial charge in [0, 0.05) is 31.3 Å². The summed E-state index contributed by atoms with van der Waals surface area (Å²) >= 11 is 0. The van der Waals surface area contributed by atoms with Gasteiger partial charge in [-0.2, -0.15) is 4.98 Å². The molecule has 0 saturated carbocycles. The minimum atomic E-state index is -1.11. The first-order chi connectivity index (χ1) is 13.8. The van der Waals surface area contributed by atoms with Gasteiger partial charge in [-0.3, -0.25) is 4.79 Å². The molecule has 29 heavy (non-hydrogen) atoms. The van der Waals surface area contributed by atoms with Gasteiger partial charge in [0.25, 0.3) is 5.91 Å². The Labute approximate surface area is 166 Å². The van der Waals surface area contributed by atoms with Gasteiger partial charge in [0.1, 0.15) is 11.4 Å². The van der Waals surface area contributed by atoms with Crippen molar-refractivity contribution in [1.29, 1.82) is 0 Å².